The summed E-state index contributed by atoms with van der Waals surface area (Å²) in [5.74, 6) is 0.779. The van der Waals surface area contributed by atoms with Gasteiger partial charge in [0.1, 0.15) is 0 Å². The second kappa shape index (κ2) is 4.83. The molecule has 0 spiro atoms. The largest absolute Gasteiger partial charge is 0.0993 e. The van der Waals surface area contributed by atoms with Crippen LogP contribution in [0.15, 0.2) is 36.5 Å². The van der Waals surface area contributed by atoms with Crippen LogP contribution < -0.4 is 0 Å². The van der Waals surface area contributed by atoms with Crippen molar-refractivity contribution < 1.29 is 0 Å². The van der Waals surface area contributed by atoms with E-state index in [2.05, 4.69) is 46.1 Å². The highest BCUT2D eigenvalue weighted by molar-refractivity contribution is 5.24. The third kappa shape index (κ3) is 2.42. The van der Waals surface area contributed by atoms with E-state index in [0.29, 0.717) is 0 Å². The van der Waals surface area contributed by atoms with Gasteiger partial charge >= 0.3 is 0 Å². The Hall–Kier alpha value is -0.780. The highest BCUT2D eigenvalue weighted by Crippen LogP contribution is 2.48. The fraction of sp³-hybridized carbons (Fsp3) is 0.600. The Balaban J connectivity index is 2.74. The average molecular weight is 204 g/mol. The Morgan fingerprint density at radius 1 is 1.13 bits per heavy atom. The smallest absolute Gasteiger partial charge is 0.0110 e. The van der Waals surface area contributed by atoms with E-state index in [1.165, 1.54) is 36.8 Å². The first kappa shape index (κ1) is 12.3. The van der Waals surface area contributed by atoms with E-state index < -0.39 is 0 Å². The Morgan fingerprint density at radius 2 is 1.60 bits per heavy atom. The molecule has 0 aromatic heterocycles. The fourth-order valence-corrected chi connectivity index (χ4v) is 2.82. The van der Waals surface area contributed by atoms with E-state index in [0.717, 1.165) is 5.92 Å². The second-order valence-electron chi connectivity index (χ2n) is 5.01. The van der Waals surface area contributed by atoms with Gasteiger partial charge in [0.25, 0.3) is 0 Å². The van der Waals surface area contributed by atoms with Crippen molar-refractivity contribution in [3.05, 3.63) is 36.5 Å². The first-order valence-corrected chi connectivity index (χ1v) is 5.97. The molecule has 1 fully saturated rings. The van der Waals surface area contributed by atoms with Crippen LogP contribution in [0.4, 0.5) is 0 Å². The standard InChI is InChI=1S/C15H24/c1-6-7-14-8-10-15(11-9-14,12(2)3)13(4)5/h6-7,14H,2,4,8-11H2,1,3,5H3. The molecule has 0 nitrogen and oxygen atoms in total. The lowest BCUT2D eigenvalue weighted by Gasteiger charge is -2.41. The fourth-order valence-electron chi connectivity index (χ4n) is 2.82. The zero-order valence-corrected chi connectivity index (χ0v) is 10.5. The molecule has 0 heterocycles. The summed E-state index contributed by atoms with van der Waals surface area (Å²) in [6.45, 7) is 14.8. The van der Waals surface area contributed by atoms with E-state index in [1.807, 2.05) is 0 Å². The Morgan fingerprint density at radius 3 is 1.93 bits per heavy atom. The van der Waals surface area contributed by atoms with Crippen molar-refractivity contribution in [2.75, 3.05) is 0 Å². The van der Waals surface area contributed by atoms with Gasteiger partial charge in [0.05, 0.1) is 0 Å². The minimum Gasteiger partial charge on any atom is -0.0993 e. The maximum Gasteiger partial charge on any atom is 0.0110 e. The second-order valence-corrected chi connectivity index (χ2v) is 5.01. The predicted molar refractivity (Wildman–Crippen MR) is 68.8 cm³/mol. The molecule has 0 atom stereocenters. The van der Waals surface area contributed by atoms with Crippen LogP contribution in [0.5, 0.6) is 0 Å². The number of hydrogen-bond donors (Lipinski definition) is 0. The normalized spacial score (nSPS) is 21.8. The van der Waals surface area contributed by atoms with Crippen molar-refractivity contribution in [1.29, 1.82) is 0 Å². The summed E-state index contributed by atoms with van der Waals surface area (Å²) in [4.78, 5) is 0. The van der Waals surface area contributed by atoms with Crippen LogP contribution >= 0.6 is 0 Å². The van der Waals surface area contributed by atoms with Gasteiger partial charge in [-0.1, -0.05) is 36.5 Å². The van der Waals surface area contributed by atoms with E-state index in [1.54, 1.807) is 0 Å². The monoisotopic (exact) mass is 204 g/mol. The van der Waals surface area contributed by atoms with Crippen molar-refractivity contribution in [1.82, 2.24) is 0 Å². The zero-order chi connectivity index (χ0) is 11.5. The third-order valence-corrected chi connectivity index (χ3v) is 3.98. The summed E-state index contributed by atoms with van der Waals surface area (Å²) in [7, 11) is 0. The quantitative estimate of drug-likeness (QED) is 0.574. The average Bonchev–Trinajstić information content (AvgIpc) is 2.18. The molecule has 0 heteroatoms. The van der Waals surface area contributed by atoms with Crippen LogP contribution in [0.2, 0.25) is 0 Å². The summed E-state index contributed by atoms with van der Waals surface area (Å²) in [5.41, 5.74) is 2.83. The van der Waals surface area contributed by atoms with Crippen LogP contribution in [-0.4, -0.2) is 0 Å². The summed E-state index contributed by atoms with van der Waals surface area (Å²) in [5, 5.41) is 0. The summed E-state index contributed by atoms with van der Waals surface area (Å²) < 4.78 is 0. The first-order chi connectivity index (χ1) is 7.03. The van der Waals surface area contributed by atoms with Gasteiger partial charge in [-0.3, -0.25) is 0 Å². The minimum absolute atomic E-state index is 0.234. The molecule has 0 aromatic carbocycles. The molecule has 1 aliphatic rings. The van der Waals surface area contributed by atoms with Gasteiger partial charge in [0.2, 0.25) is 0 Å². The van der Waals surface area contributed by atoms with Crippen LogP contribution in [0.3, 0.4) is 0 Å². The van der Waals surface area contributed by atoms with Gasteiger partial charge in [-0.25, -0.2) is 0 Å². The van der Waals surface area contributed by atoms with E-state index in [4.69, 9.17) is 0 Å². The Bertz CT molecular complexity index is 256. The van der Waals surface area contributed by atoms with Gasteiger partial charge in [0.15, 0.2) is 0 Å². The van der Waals surface area contributed by atoms with E-state index in [9.17, 15) is 0 Å². The third-order valence-electron chi connectivity index (χ3n) is 3.98. The van der Waals surface area contributed by atoms with E-state index in [-0.39, 0.29) is 5.41 Å². The molecule has 0 bridgehead atoms. The van der Waals surface area contributed by atoms with Crippen LogP contribution in [0.1, 0.15) is 46.5 Å². The highest BCUT2D eigenvalue weighted by atomic mass is 14.4. The maximum absolute atomic E-state index is 4.16. The summed E-state index contributed by atoms with van der Waals surface area (Å²) in [6, 6.07) is 0. The molecule has 0 unspecified atom stereocenters. The van der Waals surface area contributed by atoms with Gasteiger partial charge in [0, 0.05) is 5.41 Å². The highest BCUT2D eigenvalue weighted by Gasteiger charge is 2.35. The summed E-state index contributed by atoms with van der Waals surface area (Å²) >= 11 is 0. The van der Waals surface area contributed by atoms with Gasteiger partial charge in [-0.05, 0) is 52.4 Å². The summed E-state index contributed by atoms with van der Waals surface area (Å²) in [6.07, 6.45) is 9.55. The van der Waals surface area contributed by atoms with Gasteiger partial charge in [-0.15, -0.1) is 0 Å². The van der Waals surface area contributed by atoms with Crippen LogP contribution in [-0.2, 0) is 0 Å². The van der Waals surface area contributed by atoms with Gasteiger partial charge < -0.3 is 0 Å². The Kier molecular flexibility index (Phi) is 3.96. The SMILES string of the molecule is C=C(C)C1(C(=C)C)CCC(C=CC)CC1. The van der Waals surface area contributed by atoms with Crippen molar-refractivity contribution in [3.63, 3.8) is 0 Å². The minimum atomic E-state index is 0.234. The molecule has 0 N–H and O–H groups in total. The molecular formula is C15H24. The first-order valence-electron chi connectivity index (χ1n) is 5.97. The number of rotatable bonds is 3. The van der Waals surface area contributed by atoms with Gasteiger partial charge in [-0.2, -0.15) is 0 Å². The van der Waals surface area contributed by atoms with Crippen molar-refractivity contribution in [2.24, 2.45) is 11.3 Å². The molecule has 0 saturated heterocycles. The molecule has 0 aromatic rings. The van der Waals surface area contributed by atoms with Crippen LogP contribution in [0.25, 0.3) is 0 Å². The van der Waals surface area contributed by atoms with E-state index >= 15 is 0 Å². The molecule has 15 heavy (non-hydrogen) atoms. The van der Waals surface area contributed by atoms with Crippen LogP contribution in [0, 0.1) is 11.3 Å². The molecular weight excluding hydrogens is 180 g/mol. The Labute approximate surface area is 94.8 Å². The number of hydrogen-bond acceptors (Lipinski definition) is 0. The zero-order valence-electron chi connectivity index (χ0n) is 10.5. The molecule has 1 saturated carbocycles. The van der Waals surface area contributed by atoms with Crippen molar-refractivity contribution in [3.8, 4) is 0 Å². The number of allylic oxidation sites excluding steroid dienone is 4. The van der Waals surface area contributed by atoms with Crippen molar-refractivity contribution in [2.45, 2.75) is 46.5 Å². The molecule has 0 aliphatic heterocycles. The molecule has 0 amide bonds. The maximum atomic E-state index is 4.16. The molecule has 84 valence electrons. The molecule has 1 aliphatic carbocycles. The molecule has 1 rings (SSSR count). The lowest BCUT2D eigenvalue weighted by Crippen LogP contribution is -2.28. The van der Waals surface area contributed by atoms with Crippen molar-refractivity contribution >= 4 is 0 Å². The predicted octanol–water partition coefficient (Wildman–Crippen LogP) is 4.89. The molecule has 0 radical (unpaired) electrons. The topological polar surface area (TPSA) is 0 Å². The lowest BCUT2D eigenvalue weighted by atomic mass is 9.64. The lowest BCUT2D eigenvalue weighted by molar-refractivity contribution is 0.253.